The average Bonchev–Trinajstić information content (AvgIpc) is 1.97. The SMILES string of the molecule is Cc1cc(Br)c(C=O)cc1I. The fraction of sp³-hybridized carbons (Fsp3) is 0.125. The van der Waals surface area contributed by atoms with E-state index in [2.05, 4.69) is 38.5 Å². The molecule has 0 saturated carbocycles. The van der Waals surface area contributed by atoms with Crippen LogP contribution in [0.25, 0.3) is 0 Å². The molecular formula is C8H6BrIO. The molecule has 0 aromatic heterocycles. The van der Waals surface area contributed by atoms with Gasteiger partial charge >= 0.3 is 0 Å². The number of carbonyl (C=O) groups excluding carboxylic acids is 1. The van der Waals surface area contributed by atoms with Crippen molar-refractivity contribution in [2.24, 2.45) is 0 Å². The van der Waals surface area contributed by atoms with E-state index in [1.165, 1.54) is 5.56 Å². The molecule has 0 fully saturated rings. The molecule has 0 amide bonds. The van der Waals surface area contributed by atoms with E-state index in [9.17, 15) is 4.79 Å². The summed E-state index contributed by atoms with van der Waals surface area (Å²) in [4.78, 5) is 10.5. The second kappa shape index (κ2) is 3.67. The number of halogens is 2. The van der Waals surface area contributed by atoms with Crippen LogP contribution in [-0.4, -0.2) is 6.29 Å². The largest absolute Gasteiger partial charge is 0.298 e. The van der Waals surface area contributed by atoms with Gasteiger partial charge in [0.15, 0.2) is 6.29 Å². The van der Waals surface area contributed by atoms with Crippen molar-refractivity contribution < 1.29 is 4.79 Å². The third kappa shape index (κ3) is 2.02. The highest BCUT2D eigenvalue weighted by Gasteiger charge is 2.01. The van der Waals surface area contributed by atoms with Crippen molar-refractivity contribution in [3.8, 4) is 0 Å². The first kappa shape index (κ1) is 9.19. The molecule has 0 unspecified atom stereocenters. The molecule has 58 valence electrons. The predicted molar refractivity (Wildman–Crippen MR) is 57.0 cm³/mol. The second-order valence-corrected chi connectivity index (χ2v) is 4.26. The van der Waals surface area contributed by atoms with Crippen LogP contribution in [0, 0.1) is 10.5 Å². The van der Waals surface area contributed by atoms with Crippen molar-refractivity contribution in [3.63, 3.8) is 0 Å². The minimum atomic E-state index is 0.708. The van der Waals surface area contributed by atoms with E-state index in [4.69, 9.17) is 0 Å². The minimum Gasteiger partial charge on any atom is -0.298 e. The first-order chi connectivity index (χ1) is 5.15. The average molecular weight is 325 g/mol. The fourth-order valence-corrected chi connectivity index (χ4v) is 1.79. The van der Waals surface area contributed by atoms with Gasteiger partial charge in [0, 0.05) is 13.6 Å². The standard InChI is InChI=1S/C8H6BrIO/c1-5-2-7(9)6(4-11)3-8(5)10/h2-4H,1H3. The molecular weight excluding hydrogens is 319 g/mol. The molecule has 0 saturated heterocycles. The summed E-state index contributed by atoms with van der Waals surface area (Å²) in [5.41, 5.74) is 1.89. The van der Waals surface area contributed by atoms with Crippen molar-refractivity contribution in [2.75, 3.05) is 0 Å². The second-order valence-electron chi connectivity index (χ2n) is 2.24. The molecule has 0 aliphatic rings. The number of aldehydes is 1. The molecule has 0 atom stereocenters. The number of aryl methyl sites for hydroxylation is 1. The Morgan fingerprint density at radius 2 is 2.18 bits per heavy atom. The molecule has 0 heterocycles. The highest BCUT2D eigenvalue weighted by molar-refractivity contribution is 14.1. The Hall–Kier alpha value is 0.100. The molecule has 0 bridgehead atoms. The van der Waals surface area contributed by atoms with Gasteiger partial charge in [0.05, 0.1) is 0 Å². The van der Waals surface area contributed by atoms with E-state index in [1.807, 2.05) is 19.1 Å². The van der Waals surface area contributed by atoms with Crippen molar-refractivity contribution in [1.29, 1.82) is 0 Å². The summed E-state index contributed by atoms with van der Waals surface area (Å²) in [6.07, 6.45) is 0.853. The zero-order chi connectivity index (χ0) is 8.43. The van der Waals surface area contributed by atoms with E-state index in [-0.39, 0.29) is 0 Å². The Labute approximate surface area is 87.5 Å². The fourth-order valence-electron chi connectivity index (χ4n) is 0.752. The normalized spacial score (nSPS) is 9.73. The number of rotatable bonds is 1. The highest BCUT2D eigenvalue weighted by Crippen LogP contribution is 2.21. The maximum atomic E-state index is 10.5. The van der Waals surface area contributed by atoms with Gasteiger partial charge in [0.1, 0.15) is 0 Å². The van der Waals surface area contributed by atoms with Crippen LogP contribution in [-0.2, 0) is 0 Å². The van der Waals surface area contributed by atoms with Crippen LogP contribution >= 0.6 is 38.5 Å². The highest BCUT2D eigenvalue weighted by atomic mass is 127. The molecule has 0 aliphatic carbocycles. The third-order valence-corrected chi connectivity index (χ3v) is 3.25. The van der Waals surface area contributed by atoms with Crippen LogP contribution in [0.4, 0.5) is 0 Å². The van der Waals surface area contributed by atoms with Crippen LogP contribution in [0.15, 0.2) is 16.6 Å². The van der Waals surface area contributed by atoms with E-state index in [1.54, 1.807) is 0 Å². The van der Waals surface area contributed by atoms with Gasteiger partial charge in [-0.25, -0.2) is 0 Å². The van der Waals surface area contributed by atoms with E-state index >= 15 is 0 Å². The van der Waals surface area contributed by atoms with Gasteiger partial charge in [0.25, 0.3) is 0 Å². The molecule has 0 aliphatic heterocycles. The van der Waals surface area contributed by atoms with E-state index in [0.29, 0.717) is 5.56 Å². The van der Waals surface area contributed by atoms with Crippen LogP contribution in [0.1, 0.15) is 15.9 Å². The van der Waals surface area contributed by atoms with Crippen LogP contribution < -0.4 is 0 Å². The molecule has 1 nitrogen and oxygen atoms in total. The summed E-state index contributed by atoms with van der Waals surface area (Å²) >= 11 is 5.52. The lowest BCUT2D eigenvalue weighted by molar-refractivity contribution is 0.112. The Kier molecular flexibility index (Phi) is 3.06. The number of benzene rings is 1. The van der Waals surface area contributed by atoms with Gasteiger partial charge in [-0.15, -0.1) is 0 Å². The molecule has 3 heteroatoms. The van der Waals surface area contributed by atoms with Crippen LogP contribution in [0.2, 0.25) is 0 Å². The number of carbonyl (C=O) groups is 1. The lowest BCUT2D eigenvalue weighted by Crippen LogP contribution is -1.87. The zero-order valence-corrected chi connectivity index (χ0v) is 9.64. The Morgan fingerprint density at radius 1 is 1.55 bits per heavy atom. The van der Waals surface area contributed by atoms with Gasteiger partial charge < -0.3 is 0 Å². The zero-order valence-electron chi connectivity index (χ0n) is 5.90. The van der Waals surface area contributed by atoms with E-state index in [0.717, 1.165) is 14.3 Å². The minimum absolute atomic E-state index is 0.708. The van der Waals surface area contributed by atoms with Gasteiger partial charge in [-0.2, -0.15) is 0 Å². The maximum absolute atomic E-state index is 10.5. The molecule has 11 heavy (non-hydrogen) atoms. The van der Waals surface area contributed by atoms with Gasteiger partial charge in [-0.1, -0.05) is 15.9 Å². The lowest BCUT2D eigenvalue weighted by Gasteiger charge is -2.00. The summed E-state index contributed by atoms with van der Waals surface area (Å²) in [5, 5.41) is 0. The number of hydrogen-bond donors (Lipinski definition) is 0. The molecule has 0 spiro atoms. The van der Waals surface area contributed by atoms with Gasteiger partial charge in [-0.3, -0.25) is 4.79 Å². The summed E-state index contributed by atoms with van der Waals surface area (Å²) in [6.45, 7) is 2.01. The molecule has 1 aromatic rings. The third-order valence-electron chi connectivity index (χ3n) is 1.40. The number of hydrogen-bond acceptors (Lipinski definition) is 1. The van der Waals surface area contributed by atoms with Gasteiger partial charge in [-0.05, 0) is 47.2 Å². The summed E-state index contributed by atoms with van der Waals surface area (Å²) in [7, 11) is 0. The Bertz CT molecular complexity index is 296. The molecule has 0 radical (unpaired) electrons. The maximum Gasteiger partial charge on any atom is 0.151 e. The first-order valence-electron chi connectivity index (χ1n) is 3.06. The van der Waals surface area contributed by atoms with Crippen molar-refractivity contribution in [3.05, 3.63) is 31.3 Å². The topological polar surface area (TPSA) is 17.1 Å². The molecule has 1 aromatic carbocycles. The van der Waals surface area contributed by atoms with Crippen LogP contribution in [0.5, 0.6) is 0 Å². The summed E-state index contributed by atoms with van der Waals surface area (Å²) in [6, 6.07) is 3.82. The van der Waals surface area contributed by atoms with Crippen molar-refractivity contribution in [2.45, 2.75) is 6.92 Å². The molecule has 1 rings (SSSR count). The molecule has 0 N–H and O–H groups in total. The smallest absolute Gasteiger partial charge is 0.151 e. The Morgan fingerprint density at radius 3 is 2.73 bits per heavy atom. The quantitative estimate of drug-likeness (QED) is 0.573. The van der Waals surface area contributed by atoms with Gasteiger partial charge in [0.2, 0.25) is 0 Å². The summed E-state index contributed by atoms with van der Waals surface area (Å²) < 4.78 is 1.98. The Balaban J connectivity index is 3.31. The lowest BCUT2D eigenvalue weighted by atomic mass is 10.2. The monoisotopic (exact) mass is 324 g/mol. The first-order valence-corrected chi connectivity index (χ1v) is 4.93. The van der Waals surface area contributed by atoms with Crippen molar-refractivity contribution in [1.82, 2.24) is 0 Å². The predicted octanol–water partition coefficient (Wildman–Crippen LogP) is 3.17. The van der Waals surface area contributed by atoms with Crippen LogP contribution in [0.3, 0.4) is 0 Å². The summed E-state index contributed by atoms with van der Waals surface area (Å²) in [5.74, 6) is 0. The van der Waals surface area contributed by atoms with Crippen molar-refractivity contribution >= 4 is 44.8 Å². The van der Waals surface area contributed by atoms with E-state index < -0.39 is 0 Å².